The molecule has 1 aromatic carbocycles. The van der Waals surface area contributed by atoms with Crippen LogP contribution in [-0.4, -0.2) is 45.6 Å². The van der Waals surface area contributed by atoms with Crippen LogP contribution in [0.2, 0.25) is 0 Å². The molecule has 0 atom stereocenters. The van der Waals surface area contributed by atoms with Crippen LogP contribution in [0.3, 0.4) is 0 Å². The van der Waals surface area contributed by atoms with Crippen molar-refractivity contribution in [1.82, 2.24) is 14.9 Å². The highest BCUT2D eigenvalue weighted by Crippen LogP contribution is 2.25. The number of esters is 1. The van der Waals surface area contributed by atoms with Crippen LogP contribution >= 0.6 is 11.8 Å². The lowest BCUT2D eigenvalue weighted by molar-refractivity contribution is -0.139. The van der Waals surface area contributed by atoms with E-state index in [1.54, 1.807) is 24.3 Å². The van der Waals surface area contributed by atoms with Crippen molar-refractivity contribution < 1.29 is 19.1 Å². The SMILES string of the molecule is COC(=O)Cc1cc(=O)[nH]c(SCN2C(=O)c3ccccc3C2=O)n1. The molecule has 0 saturated carbocycles. The van der Waals surface area contributed by atoms with E-state index in [0.717, 1.165) is 16.7 Å². The van der Waals surface area contributed by atoms with Crippen molar-refractivity contribution in [3.63, 3.8) is 0 Å². The predicted octanol–water partition coefficient (Wildman–Crippen LogP) is 0.831. The van der Waals surface area contributed by atoms with E-state index in [1.165, 1.54) is 13.2 Å². The fourth-order valence-electron chi connectivity index (χ4n) is 2.34. The van der Waals surface area contributed by atoms with E-state index in [1.807, 2.05) is 0 Å². The van der Waals surface area contributed by atoms with Gasteiger partial charge in [0.2, 0.25) is 0 Å². The minimum absolute atomic E-state index is 0.00301. The standard InChI is InChI=1S/C16H13N3O5S/c1-24-13(21)7-9-6-12(20)18-16(17-9)25-8-19-14(22)10-4-2-3-5-11(10)15(19)23/h2-6H,7-8H2,1H3,(H,17,18,20). The highest BCUT2D eigenvalue weighted by atomic mass is 32.2. The van der Waals surface area contributed by atoms with Gasteiger partial charge in [0, 0.05) is 6.07 Å². The van der Waals surface area contributed by atoms with Crippen LogP contribution in [0, 0.1) is 0 Å². The van der Waals surface area contributed by atoms with Gasteiger partial charge in [0.25, 0.3) is 17.4 Å². The maximum Gasteiger partial charge on any atom is 0.311 e. The highest BCUT2D eigenvalue weighted by Gasteiger charge is 2.35. The van der Waals surface area contributed by atoms with Crippen LogP contribution in [0.4, 0.5) is 0 Å². The first-order chi connectivity index (χ1) is 12.0. The number of nitrogens with zero attached hydrogens (tertiary/aromatic N) is 2. The summed E-state index contributed by atoms with van der Waals surface area (Å²) in [5.41, 5.74) is 0.530. The molecule has 8 nitrogen and oxygen atoms in total. The molecule has 1 aromatic heterocycles. The summed E-state index contributed by atoms with van der Waals surface area (Å²) in [6.07, 6.45) is -0.138. The Labute approximate surface area is 146 Å². The van der Waals surface area contributed by atoms with Crippen molar-refractivity contribution in [1.29, 1.82) is 0 Å². The summed E-state index contributed by atoms with van der Waals surface area (Å²) in [6.45, 7) is 0. The molecule has 0 fully saturated rings. The zero-order valence-electron chi connectivity index (χ0n) is 13.1. The maximum atomic E-state index is 12.3. The molecule has 2 heterocycles. The number of ether oxygens (including phenoxy) is 1. The van der Waals surface area contributed by atoms with Gasteiger partial charge >= 0.3 is 5.97 Å². The van der Waals surface area contributed by atoms with Gasteiger partial charge in [-0.25, -0.2) is 4.98 Å². The Hall–Kier alpha value is -2.94. The zero-order chi connectivity index (χ0) is 18.0. The molecule has 1 N–H and O–H groups in total. The smallest absolute Gasteiger partial charge is 0.311 e. The van der Waals surface area contributed by atoms with E-state index in [-0.39, 0.29) is 35.0 Å². The van der Waals surface area contributed by atoms with Crippen molar-refractivity contribution in [3.05, 3.63) is 57.5 Å². The third kappa shape index (κ3) is 3.45. The number of rotatable bonds is 5. The fourth-order valence-corrected chi connectivity index (χ4v) is 3.18. The average molecular weight is 359 g/mol. The number of imide groups is 1. The molecule has 1 aliphatic heterocycles. The number of hydrogen-bond acceptors (Lipinski definition) is 7. The number of amides is 2. The van der Waals surface area contributed by atoms with E-state index in [2.05, 4.69) is 14.7 Å². The topological polar surface area (TPSA) is 109 Å². The lowest BCUT2D eigenvalue weighted by Gasteiger charge is -2.12. The van der Waals surface area contributed by atoms with Gasteiger partial charge in [-0.15, -0.1) is 0 Å². The Morgan fingerprint density at radius 2 is 1.84 bits per heavy atom. The van der Waals surface area contributed by atoms with Gasteiger partial charge in [0.15, 0.2) is 5.16 Å². The molecule has 0 unspecified atom stereocenters. The van der Waals surface area contributed by atoms with E-state index < -0.39 is 11.5 Å². The summed E-state index contributed by atoms with van der Waals surface area (Å²) < 4.78 is 4.54. The summed E-state index contributed by atoms with van der Waals surface area (Å²) >= 11 is 1.02. The minimum atomic E-state index is -0.519. The number of H-pyrrole nitrogens is 1. The van der Waals surface area contributed by atoms with Gasteiger partial charge in [-0.3, -0.25) is 24.1 Å². The number of benzene rings is 1. The number of aromatic nitrogens is 2. The second-order valence-electron chi connectivity index (χ2n) is 5.15. The number of carbonyl (C=O) groups is 3. The fraction of sp³-hybridized carbons (Fsp3) is 0.188. The Morgan fingerprint density at radius 3 is 2.44 bits per heavy atom. The number of aromatic amines is 1. The summed E-state index contributed by atoms with van der Waals surface area (Å²) in [4.78, 5) is 55.3. The first-order valence-electron chi connectivity index (χ1n) is 7.24. The molecule has 0 radical (unpaired) electrons. The molecule has 0 spiro atoms. The molecular weight excluding hydrogens is 346 g/mol. The van der Waals surface area contributed by atoms with Gasteiger partial charge in [-0.1, -0.05) is 23.9 Å². The van der Waals surface area contributed by atoms with E-state index in [9.17, 15) is 19.2 Å². The maximum absolute atomic E-state index is 12.3. The molecule has 25 heavy (non-hydrogen) atoms. The molecular formula is C16H13N3O5S. The number of carbonyl (C=O) groups excluding carboxylic acids is 3. The molecule has 3 rings (SSSR count). The Kier molecular flexibility index (Phi) is 4.66. The Bertz CT molecular complexity index is 889. The van der Waals surface area contributed by atoms with Gasteiger partial charge in [-0.05, 0) is 12.1 Å². The van der Waals surface area contributed by atoms with Crippen LogP contribution in [0.15, 0.2) is 40.3 Å². The molecule has 2 aromatic rings. The van der Waals surface area contributed by atoms with Crippen molar-refractivity contribution in [3.8, 4) is 0 Å². The van der Waals surface area contributed by atoms with Gasteiger partial charge in [-0.2, -0.15) is 0 Å². The van der Waals surface area contributed by atoms with Crippen molar-refractivity contribution in [2.45, 2.75) is 11.6 Å². The normalized spacial score (nSPS) is 13.1. The average Bonchev–Trinajstić information content (AvgIpc) is 2.84. The van der Waals surface area contributed by atoms with Gasteiger partial charge < -0.3 is 9.72 Å². The molecule has 128 valence electrons. The van der Waals surface area contributed by atoms with Gasteiger partial charge in [0.1, 0.15) is 0 Å². The summed E-state index contributed by atoms with van der Waals surface area (Å²) in [6, 6.07) is 7.77. The van der Waals surface area contributed by atoms with Crippen LogP contribution in [0.25, 0.3) is 0 Å². The summed E-state index contributed by atoms with van der Waals surface area (Å²) in [5.74, 6) is -1.30. The number of methoxy groups -OCH3 is 1. The second-order valence-corrected chi connectivity index (χ2v) is 6.09. The largest absolute Gasteiger partial charge is 0.469 e. The lowest BCUT2D eigenvalue weighted by Crippen LogP contribution is -2.29. The third-order valence-electron chi connectivity index (χ3n) is 3.53. The molecule has 2 amide bonds. The molecule has 1 aliphatic rings. The van der Waals surface area contributed by atoms with E-state index in [0.29, 0.717) is 11.1 Å². The molecule has 9 heteroatoms. The Morgan fingerprint density at radius 1 is 1.20 bits per heavy atom. The van der Waals surface area contributed by atoms with Gasteiger partial charge in [0.05, 0.1) is 36.2 Å². The van der Waals surface area contributed by atoms with Crippen molar-refractivity contribution >= 4 is 29.5 Å². The minimum Gasteiger partial charge on any atom is -0.469 e. The zero-order valence-corrected chi connectivity index (χ0v) is 14.0. The van der Waals surface area contributed by atoms with Crippen LogP contribution in [0.1, 0.15) is 26.4 Å². The first-order valence-corrected chi connectivity index (χ1v) is 8.23. The van der Waals surface area contributed by atoms with Crippen molar-refractivity contribution in [2.24, 2.45) is 0 Å². The quantitative estimate of drug-likeness (QED) is 0.364. The van der Waals surface area contributed by atoms with Crippen LogP contribution in [0.5, 0.6) is 0 Å². The summed E-state index contributed by atoms with van der Waals surface area (Å²) in [5, 5.41) is 0.211. The number of fused-ring (bicyclic) bond motifs is 1. The summed E-state index contributed by atoms with van der Waals surface area (Å²) in [7, 11) is 1.24. The molecule has 0 bridgehead atoms. The first kappa shape index (κ1) is 16.9. The van der Waals surface area contributed by atoms with Crippen molar-refractivity contribution in [2.75, 3.05) is 13.0 Å². The molecule has 0 aliphatic carbocycles. The molecule has 0 saturated heterocycles. The van der Waals surface area contributed by atoms with E-state index >= 15 is 0 Å². The van der Waals surface area contributed by atoms with E-state index in [4.69, 9.17) is 0 Å². The van der Waals surface area contributed by atoms with Crippen LogP contribution < -0.4 is 5.56 Å². The van der Waals surface area contributed by atoms with Crippen LogP contribution in [-0.2, 0) is 16.0 Å². The monoisotopic (exact) mass is 359 g/mol. The number of nitrogens with one attached hydrogen (secondary N) is 1. The highest BCUT2D eigenvalue weighted by molar-refractivity contribution is 7.99. The Balaban J connectivity index is 1.74. The number of thioether (sulfide) groups is 1. The lowest BCUT2D eigenvalue weighted by atomic mass is 10.1. The predicted molar refractivity (Wildman–Crippen MR) is 88.2 cm³/mol. The second kappa shape index (κ2) is 6.89. The number of hydrogen-bond donors (Lipinski definition) is 1. The third-order valence-corrected chi connectivity index (χ3v) is 4.39.